The first kappa shape index (κ1) is 22.0. The Kier molecular flexibility index (Phi) is 6.07. The number of rotatable bonds is 6. The number of anilines is 2. The zero-order chi connectivity index (χ0) is 22.8. The van der Waals surface area contributed by atoms with Gasteiger partial charge in [-0.05, 0) is 67.4 Å². The van der Waals surface area contributed by atoms with Crippen LogP contribution in [0.1, 0.15) is 31.8 Å². The number of hydrogen-bond donors (Lipinski definition) is 3. The van der Waals surface area contributed by atoms with Crippen molar-refractivity contribution in [2.24, 2.45) is 0 Å². The van der Waals surface area contributed by atoms with E-state index in [9.17, 15) is 22.4 Å². The number of carbonyl (C=O) groups is 2. The maximum atomic E-state index is 13.5. The minimum absolute atomic E-state index is 0.0383. The highest BCUT2D eigenvalue weighted by Crippen LogP contribution is 2.22. The van der Waals surface area contributed by atoms with E-state index in [1.165, 1.54) is 24.3 Å². The fourth-order valence-electron chi connectivity index (χ4n) is 2.92. The van der Waals surface area contributed by atoms with E-state index in [1.54, 1.807) is 25.1 Å². The van der Waals surface area contributed by atoms with Crippen LogP contribution in [0.4, 0.5) is 15.8 Å². The molecule has 9 heteroatoms. The Morgan fingerprint density at radius 2 is 1.68 bits per heavy atom. The van der Waals surface area contributed by atoms with Gasteiger partial charge in [0.2, 0.25) is 0 Å². The Morgan fingerprint density at radius 1 is 0.935 bits per heavy atom. The molecule has 0 unspecified atom stereocenters. The molecular weight excluding hydrogens is 423 g/mol. The van der Waals surface area contributed by atoms with Gasteiger partial charge in [-0.25, -0.2) is 17.6 Å². The SMILES string of the molecule is Cc1cccc(NS(=O)(=O)c2cc(C(=O)Nc3ccc(F)c(C(=O)O)c3)ccc2C)c1. The molecule has 0 aliphatic carbocycles. The minimum atomic E-state index is -3.97. The van der Waals surface area contributed by atoms with Gasteiger partial charge >= 0.3 is 5.97 Å². The molecule has 0 bridgehead atoms. The third kappa shape index (κ3) is 5.07. The highest BCUT2D eigenvalue weighted by atomic mass is 32.2. The van der Waals surface area contributed by atoms with Crippen LogP contribution in [0.3, 0.4) is 0 Å². The van der Waals surface area contributed by atoms with E-state index in [1.807, 2.05) is 13.0 Å². The Morgan fingerprint density at radius 3 is 2.35 bits per heavy atom. The van der Waals surface area contributed by atoms with Gasteiger partial charge in [0.1, 0.15) is 5.82 Å². The van der Waals surface area contributed by atoms with Crippen LogP contribution in [0.25, 0.3) is 0 Å². The van der Waals surface area contributed by atoms with Gasteiger partial charge in [-0.2, -0.15) is 0 Å². The highest BCUT2D eigenvalue weighted by molar-refractivity contribution is 7.92. The molecule has 0 saturated carbocycles. The fraction of sp³-hybridized carbons (Fsp3) is 0.0909. The number of nitrogens with one attached hydrogen (secondary N) is 2. The summed E-state index contributed by atoms with van der Waals surface area (Å²) in [6.45, 7) is 3.44. The maximum absolute atomic E-state index is 13.5. The predicted molar refractivity (Wildman–Crippen MR) is 114 cm³/mol. The van der Waals surface area contributed by atoms with Crippen molar-refractivity contribution in [1.82, 2.24) is 0 Å². The van der Waals surface area contributed by atoms with Crippen molar-refractivity contribution in [2.75, 3.05) is 10.0 Å². The molecule has 0 fully saturated rings. The Hall–Kier alpha value is -3.72. The van der Waals surface area contributed by atoms with Gasteiger partial charge in [-0.1, -0.05) is 18.2 Å². The van der Waals surface area contributed by atoms with E-state index in [2.05, 4.69) is 10.0 Å². The van der Waals surface area contributed by atoms with E-state index < -0.39 is 33.3 Å². The van der Waals surface area contributed by atoms with E-state index >= 15 is 0 Å². The molecule has 3 aromatic rings. The Balaban J connectivity index is 1.89. The number of amides is 1. The zero-order valence-corrected chi connectivity index (χ0v) is 17.5. The summed E-state index contributed by atoms with van der Waals surface area (Å²) in [4.78, 5) is 23.6. The largest absolute Gasteiger partial charge is 0.478 e. The maximum Gasteiger partial charge on any atom is 0.338 e. The predicted octanol–water partition coefficient (Wildman–Crippen LogP) is 4.19. The first-order chi connectivity index (χ1) is 14.6. The summed E-state index contributed by atoms with van der Waals surface area (Å²) in [5.41, 5.74) is 1.22. The third-order valence-electron chi connectivity index (χ3n) is 4.46. The summed E-state index contributed by atoms with van der Waals surface area (Å²) in [6, 6.07) is 14.1. The van der Waals surface area contributed by atoms with Crippen molar-refractivity contribution >= 4 is 33.3 Å². The summed E-state index contributed by atoms with van der Waals surface area (Å²) in [5, 5.41) is 11.5. The van der Waals surface area contributed by atoms with Gasteiger partial charge in [-0.3, -0.25) is 9.52 Å². The van der Waals surface area contributed by atoms with Gasteiger partial charge in [0, 0.05) is 16.9 Å². The molecule has 0 aliphatic rings. The van der Waals surface area contributed by atoms with Crippen molar-refractivity contribution in [1.29, 1.82) is 0 Å². The lowest BCUT2D eigenvalue weighted by Crippen LogP contribution is -2.17. The number of carbonyl (C=O) groups excluding carboxylic acids is 1. The van der Waals surface area contributed by atoms with Crippen molar-refractivity contribution in [3.63, 3.8) is 0 Å². The minimum Gasteiger partial charge on any atom is -0.478 e. The molecule has 0 saturated heterocycles. The molecule has 31 heavy (non-hydrogen) atoms. The molecular formula is C22H19FN2O5S. The van der Waals surface area contributed by atoms with E-state index in [0.29, 0.717) is 11.3 Å². The normalized spacial score (nSPS) is 11.1. The third-order valence-corrected chi connectivity index (χ3v) is 5.99. The van der Waals surface area contributed by atoms with Crippen LogP contribution < -0.4 is 10.0 Å². The highest BCUT2D eigenvalue weighted by Gasteiger charge is 2.20. The molecule has 0 radical (unpaired) electrons. The quantitative estimate of drug-likeness (QED) is 0.530. The number of aryl methyl sites for hydroxylation is 2. The molecule has 0 spiro atoms. The van der Waals surface area contributed by atoms with Crippen molar-refractivity contribution in [2.45, 2.75) is 18.7 Å². The number of benzene rings is 3. The summed E-state index contributed by atoms with van der Waals surface area (Å²) >= 11 is 0. The number of hydrogen-bond acceptors (Lipinski definition) is 4. The molecule has 1 amide bonds. The van der Waals surface area contributed by atoms with E-state index in [4.69, 9.17) is 5.11 Å². The number of halogens is 1. The van der Waals surface area contributed by atoms with Crippen LogP contribution >= 0.6 is 0 Å². The van der Waals surface area contributed by atoms with Crippen LogP contribution in [0, 0.1) is 19.7 Å². The molecule has 0 atom stereocenters. The lowest BCUT2D eigenvalue weighted by Gasteiger charge is -2.13. The second-order valence-electron chi connectivity index (χ2n) is 6.91. The van der Waals surface area contributed by atoms with Crippen LogP contribution in [-0.2, 0) is 10.0 Å². The summed E-state index contributed by atoms with van der Waals surface area (Å²) < 4.78 is 41.8. The molecule has 0 aromatic heterocycles. The summed E-state index contributed by atoms with van der Waals surface area (Å²) in [6.07, 6.45) is 0. The molecule has 3 aromatic carbocycles. The van der Waals surface area contributed by atoms with Crippen LogP contribution in [0.15, 0.2) is 65.6 Å². The zero-order valence-electron chi connectivity index (χ0n) is 16.6. The molecule has 3 rings (SSSR count). The van der Waals surface area contributed by atoms with E-state index in [0.717, 1.165) is 17.7 Å². The Labute approximate surface area is 178 Å². The first-order valence-corrected chi connectivity index (χ1v) is 10.6. The van der Waals surface area contributed by atoms with Gasteiger partial charge in [0.25, 0.3) is 15.9 Å². The lowest BCUT2D eigenvalue weighted by atomic mass is 10.1. The second-order valence-corrected chi connectivity index (χ2v) is 8.56. The van der Waals surface area contributed by atoms with Crippen LogP contribution in [-0.4, -0.2) is 25.4 Å². The molecule has 0 heterocycles. The number of carboxylic acid groups (broad SMARTS) is 1. The van der Waals surface area contributed by atoms with Gasteiger partial charge in [0.05, 0.1) is 10.5 Å². The molecule has 160 valence electrons. The number of sulfonamides is 1. The number of aromatic carboxylic acids is 1. The van der Waals surface area contributed by atoms with Crippen LogP contribution in [0.5, 0.6) is 0 Å². The molecule has 7 nitrogen and oxygen atoms in total. The average molecular weight is 442 g/mol. The van der Waals surface area contributed by atoms with E-state index in [-0.39, 0.29) is 16.1 Å². The van der Waals surface area contributed by atoms with Crippen molar-refractivity contribution in [3.05, 3.63) is 88.7 Å². The van der Waals surface area contributed by atoms with Gasteiger partial charge in [-0.15, -0.1) is 0 Å². The van der Waals surface area contributed by atoms with Crippen LogP contribution in [0.2, 0.25) is 0 Å². The van der Waals surface area contributed by atoms with Gasteiger partial charge < -0.3 is 10.4 Å². The summed E-state index contributed by atoms with van der Waals surface area (Å²) in [5.74, 6) is -3.08. The molecule has 0 aliphatic heterocycles. The van der Waals surface area contributed by atoms with Crippen molar-refractivity contribution < 1.29 is 27.5 Å². The smallest absolute Gasteiger partial charge is 0.338 e. The van der Waals surface area contributed by atoms with Crippen molar-refractivity contribution in [3.8, 4) is 0 Å². The lowest BCUT2D eigenvalue weighted by molar-refractivity contribution is 0.0691. The van der Waals surface area contributed by atoms with Gasteiger partial charge in [0.15, 0.2) is 0 Å². The Bertz CT molecular complexity index is 1290. The fourth-order valence-corrected chi connectivity index (χ4v) is 4.24. The standard InChI is InChI=1S/C22H19FN2O5S/c1-13-4-3-5-17(10-13)25-31(29,30)20-11-15(7-6-14(20)2)21(26)24-16-8-9-19(23)18(12-16)22(27)28/h3-12,25H,1-2H3,(H,24,26)(H,27,28). The monoisotopic (exact) mass is 442 g/mol. The topological polar surface area (TPSA) is 113 Å². The summed E-state index contributed by atoms with van der Waals surface area (Å²) in [7, 11) is -3.97. The first-order valence-electron chi connectivity index (χ1n) is 9.11. The second kappa shape index (κ2) is 8.57. The molecule has 3 N–H and O–H groups in total. The average Bonchev–Trinajstić information content (AvgIpc) is 2.69. The number of carboxylic acids is 1.